The molecule has 0 saturated carbocycles. The molecule has 0 aliphatic rings. The number of amides is 1. The SMILES string of the molecule is CC(=O)NCc1ccc(-c2ccc(Oc3ccccc3)cc2)nc1. The van der Waals surface area contributed by atoms with Gasteiger partial charge in [-0.2, -0.15) is 0 Å². The van der Waals surface area contributed by atoms with E-state index >= 15 is 0 Å². The minimum absolute atomic E-state index is 0.0481. The maximum Gasteiger partial charge on any atom is 0.217 e. The monoisotopic (exact) mass is 318 g/mol. The molecule has 4 heteroatoms. The lowest BCUT2D eigenvalue weighted by molar-refractivity contribution is -0.119. The van der Waals surface area contributed by atoms with Crippen molar-refractivity contribution < 1.29 is 9.53 Å². The summed E-state index contributed by atoms with van der Waals surface area (Å²) in [5.74, 6) is 1.55. The second-order valence-corrected chi connectivity index (χ2v) is 5.40. The number of hydrogen-bond acceptors (Lipinski definition) is 3. The molecule has 0 bridgehead atoms. The van der Waals surface area contributed by atoms with Crippen molar-refractivity contribution in [3.8, 4) is 22.8 Å². The fraction of sp³-hybridized carbons (Fsp3) is 0.100. The fourth-order valence-electron chi connectivity index (χ4n) is 2.24. The average molecular weight is 318 g/mol. The van der Waals surface area contributed by atoms with E-state index in [0.29, 0.717) is 6.54 Å². The molecule has 120 valence electrons. The first-order valence-corrected chi connectivity index (χ1v) is 7.73. The molecule has 2 aromatic carbocycles. The van der Waals surface area contributed by atoms with Gasteiger partial charge in [-0.15, -0.1) is 0 Å². The summed E-state index contributed by atoms with van der Waals surface area (Å²) < 4.78 is 5.78. The van der Waals surface area contributed by atoms with Crippen molar-refractivity contribution in [2.24, 2.45) is 0 Å². The highest BCUT2D eigenvalue weighted by Crippen LogP contribution is 2.24. The van der Waals surface area contributed by atoms with E-state index in [9.17, 15) is 4.79 Å². The zero-order valence-electron chi connectivity index (χ0n) is 13.4. The molecule has 0 fully saturated rings. The summed E-state index contributed by atoms with van der Waals surface area (Å²) in [4.78, 5) is 15.4. The lowest BCUT2D eigenvalue weighted by atomic mass is 10.1. The van der Waals surface area contributed by atoms with Crippen LogP contribution in [0.15, 0.2) is 72.9 Å². The number of para-hydroxylation sites is 1. The van der Waals surface area contributed by atoms with Gasteiger partial charge < -0.3 is 10.1 Å². The first-order valence-electron chi connectivity index (χ1n) is 7.73. The number of aromatic nitrogens is 1. The van der Waals surface area contributed by atoms with E-state index in [1.807, 2.05) is 66.7 Å². The van der Waals surface area contributed by atoms with Gasteiger partial charge in [0.05, 0.1) is 5.69 Å². The molecule has 4 nitrogen and oxygen atoms in total. The van der Waals surface area contributed by atoms with E-state index in [4.69, 9.17) is 4.74 Å². The van der Waals surface area contributed by atoms with E-state index in [1.165, 1.54) is 6.92 Å². The summed E-state index contributed by atoms with van der Waals surface area (Å²) in [5, 5.41) is 2.76. The van der Waals surface area contributed by atoms with Gasteiger partial charge in [0, 0.05) is 25.2 Å². The van der Waals surface area contributed by atoms with Gasteiger partial charge >= 0.3 is 0 Å². The predicted octanol–water partition coefficient (Wildman–Crippen LogP) is 4.18. The number of carbonyl (C=O) groups is 1. The van der Waals surface area contributed by atoms with Crippen LogP contribution >= 0.6 is 0 Å². The number of nitrogens with one attached hydrogen (secondary N) is 1. The molecule has 1 amide bonds. The Kier molecular flexibility index (Phi) is 4.87. The Balaban J connectivity index is 1.68. The first-order chi connectivity index (χ1) is 11.7. The Bertz CT molecular complexity index is 797. The molecule has 0 atom stereocenters. The van der Waals surface area contributed by atoms with Crippen molar-refractivity contribution in [1.82, 2.24) is 10.3 Å². The van der Waals surface area contributed by atoms with Crippen LogP contribution in [0.5, 0.6) is 11.5 Å². The van der Waals surface area contributed by atoms with Crippen LogP contribution in [0.3, 0.4) is 0 Å². The van der Waals surface area contributed by atoms with Gasteiger partial charge in [-0.25, -0.2) is 0 Å². The largest absolute Gasteiger partial charge is 0.457 e. The number of carbonyl (C=O) groups excluding carboxylic acids is 1. The van der Waals surface area contributed by atoms with Crippen molar-refractivity contribution >= 4 is 5.91 Å². The summed E-state index contributed by atoms with van der Waals surface area (Å²) in [6.07, 6.45) is 1.78. The molecule has 0 unspecified atom stereocenters. The molecule has 24 heavy (non-hydrogen) atoms. The Morgan fingerprint density at radius 2 is 1.67 bits per heavy atom. The lowest BCUT2D eigenvalue weighted by Crippen LogP contribution is -2.18. The molecule has 3 rings (SSSR count). The predicted molar refractivity (Wildman–Crippen MR) is 93.7 cm³/mol. The summed E-state index contributed by atoms with van der Waals surface area (Å²) in [7, 11) is 0. The van der Waals surface area contributed by atoms with Crippen LogP contribution in [0.4, 0.5) is 0 Å². The third-order valence-electron chi connectivity index (χ3n) is 3.50. The minimum atomic E-state index is -0.0481. The van der Waals surface area contributed by atoms with E-state index in [0.717, 1.165) is 28.3 Å². The number of rotatable bonds is 5. The molecule has 3 aromatic rings. The second-order valence-electron chi connectivity index (χ2n) is 5.40. The van der Waals surface area contributed by atoms with E-state index in [-0.39, 0.29) is 5.91 Å². The normalized spacial score (nSPS) is 10.2. The van der Waals surface area contributed by atoms with Gasteiger partial charge in [0.15, 0.2) is 0 Å². The number of nitrogens with zero attached hydrogens (tertiary/aromatic N) is 1. The fourth-order valence-corrected chi connectivity index (χ4v) is 2.24. The second kappa shape index (κ2) is 7.42. The number of ether oxygens (including phenoxy) is 1. The van der Waals surface area contributed by atoms with E-state index < -0.39 is 0 Å². The standard InChI is InChI=1S/C20H18N2O2/c1-15(23)21-13-16-7-12-20(22-14-16)17-8-10-19(11-9-17)24-18-5-3-2-4-6-18/h2-12,14H,13H2,1H3,(H,21,23). The smallest absolute Gasteiger partial charge is 0.217 e. The Labute approximate surface area is 141 Å². The molecule has 0 spiro atoms. The highest BCUT2D eigenvalue weighted by molar-refractivity contribution is 5.72. The van der Waals surface area contributed by atoms with Gasteiger partial charge in [0.25, 0.3) is 0 Å². The number of pyridine rings is 1. The molecule has 0 aliphatic heterocycles. The van der Waals surface area contributed by atoms with E-state index in [1.54, 1.807) is 6.20 Å². The Morgan fingerprint density at radius 1 is 0.958 bits per heavy atom. The molecular weight excluding hydrogens is 300 g/mol. The van der Waals surface area contributed by atoms with Crippen molar-refractivity contribution in [3.63, 3.8) is 0 Å². The summed E-state index contributed by atoms with van der Waals surface area (Å²) >= 11 is 0. The van der Waals surface area contributed by atoms with Crippen LogP contribution in [0.25, 0.3) is 11.3 Å². The third-order valence-corrected chi connectivity index (χ3v) is 3.50. The lowest BCUT2D eigenvalue weighted by Gasteiger charge is -2.07. The van der Waals surface area contributed by atoms with E-state index in [2.05, 4.69) is 10.3 Å². The third kappa shape index (κ3) is 4.20. The van der Waals surface area contributed by atoms with Crippen LogP contribution in [0, 0.1) is 0 Å². The maximum absolute atomic E-state index is 10.9. The van der Waals surface area contributed by atoms with Crippen LogP contribution in [-0.4, -0.2) is 10.9 Å². The highest BCUT2D eigenvalue weighted by atomic mass is 16.5. The van der Waals surface area contributed by atoms with Crippen LogP contribution in [0.2, 0.25) is 0 Å². The van der Waals surface area contributed by atoms with Gasteiger partial charge in [-0.1, -0.05) is 24.3 Å². The van der Waals surface area contributed by atoms with Crippen LogP contribution in [0.1, 0.15) is 12.5 Å². The molecule has 1 N–H and O–H groups in total. The summed E-state index contributed by atoms with van der Waals surface area (Å²) in [5.41, 5.74) is 2.87. The Morgan fingerprint density at radius 3 is 2.29 bits per heavy atom. The topological polar surface area (TPSA) is 51.2 Å². The van der Waals surface area contributed by atoms with Gasteiger partial charge in [0.2, 0.25) is 5.91 Å². The summed E-state index contributed by atoms with van der Waals surface area (Å²) in [6.45, 7) is 1.99. The zero-order chi connectivity index (χ0) is 16.8. The summed E-state index contributed by atoms with van der Waals surface area (Å²) in [6, 6.07) is 21.4. The zero-order valence-corrected chi connectivity index (χ0v) is 13.4. The maximum atomic E-state index is 10.9. The van der Waals surface area contributed by atoms with Crippen molar-refractivity contribution in [1.29, 1.82) is 0 Å². The average Bonchev–Trinajstić information content (AvgIpc) is 2.62. The highest BCUT2D eigenvalue weighted by Gasteiger charge is 2.02. The molecule has 0 radical (unpaired) electrons. The van der Waals surface area contributed by atoms with Crippen molar-refractivity contribution in [2.75, 3.05) is 0 Å². The van der Waals surface area contributed by atoms with Gasteiger partial charge in [-0.3, -0.25) is 9.78 Å². The van der Waals surface area contributed by atoms with Crippen LogP contribution < -0.4 is 10.1 Å². The molecule has 1 heterocycles. The minimum Gasteiger partial charge on any atom is -0.457 e. The Hall–Kier alpha value is -3.14. The van der Waals surface area contributed by atoms with Gasteiger partial charge in [-0.05, 0) is 48.0 Å². The number of benzene rings is 2. The number of hydrogen-bond donors (Lipinski definition) is 1. The van der Waals surface area contributed by atoms with Gasteiger partial charge in [0.1, 0.15) is 11.5 Å². The molecular formula is C20H18N2O2. The quantitative estimate of drug-likeness (QED) is 0.768. The molecule has 0 aliphatic carbocycles. The molecule has 0 saturated heterocycles. The first kappa shape index (κ1) is 15.7. The molecule has 1 aromatic heterocycles. The van der Waals surface area contributed by atoms with Crippen molar-refractivity contribution in [2.45, 2.75) is 13.5 Å². The van der Waals surface area contributed by atoms with Crippen LogP contribution in [-0.2, 0) is 11.3 Å². The van der Waals surface area contributed by atoms with Crippen molar-refractivity contribution in [3.05, 3.63) is 78.5 Å².